The molecule has 0 fully saturated rings. The number of nitrogens with zero attached hydrogens (tertiary/aromatic N) is 4. The van der Waals surface area contributed by atoms with Gasteiger partial charge in [0, 0.05) is 12.6 Å². The lowest BCUT2D eigenvalue weighted by Crippen LogP contribution is -1.97. The third kappa shape index (κ3) is 2.55. The molecule has 3 aromatic heterocycles. The van der Waals surface area contributed by atoms with Crippen LogP contribution in [0.25, 0.3) is 16.3 Å². The number of hydrogen-bond acceptors (Lipinski definition) is 4. The first-order chi connectivity index (χ1) is 9.13. The van der Waals surface area contributed by atoms with Crippen LogP contribution >= 0.6 is 27.3 Å². The Labute approximate surface area is 123 Å². The molecule has 3 rings (SSSR count). The smallest absolute Gasteiger partial charge is 0.220 e. The summed E-state index contributed by atoms with van der Waals surface area (Å²) in [5.74, 6) is 2.06. The molecule has 3 heterocycles. The molecule has 0 saturated carbocycles. The average Bonchev–Trinajstić information content (AvgIpc) is 2.93. The van der Waals surface area contributed by atoms with Crippen LogP contribution in [-0.4, -0.2) is 19.6 Å². The van der Waals surface area contributed by atoms with Gasteiger partial charge < -0.3 is 0 Å². The first-order valence-corrected chi connectivity index (χ1v) is 7.71. The van der Waals surface area contributed by atoms with E-state index >= 15 is 0 Å². The zero-order valence-corrected chi connectivity index (χ0v) is 13.1. The van der Waals surface area contributed by atoms with E-state index < -0.39 is 0 Å². The highest BCUT2D eigenvalue weighted by Crippen LogP contribution is 2.30. The fourth-order valence-corrected chi connectivity index (χ4v) is 3.32. The molecule has 4 nitrogen and oxygen atoms in total. The van der Waals surface area contributed by atoms with Gasteiger partial charge in [0.1, 0.15) is 0 Å². The molecule has 0 aliphatic carbocycles. The van der Waals surface area contributed by atoms with Gasteiger partial charge >= 0.3 is 0 Å². The number of thiophene rings is 1. The van der Waals surface area contributed by atoms with Crippen LogP contribution in [-0.2, 0) is 6.42 Å². The van der Waals surface area contributed by atoms with Gasteiger partial charge in [-0.1, -0.05) is 13.8 Å². The minimum absolute atomic E-state index is 0.539. The second kappa shape index (κ2) is 5.02. The number of aromatic nitrogens is 4. The van der Waals surface area contributed by atoms with E-state index in [4.69, 9.17) is 0 Å². The molecular formula is C13H13BrN4S. The van der Waals surface area contributed by atoms with Crippen molar-refractivity contribution in [3.05, 3.63) is 34.0 Å². The van der Waals surface area contributed by atoms with Crippen LogP contribution in [0.5, 0.6) is 0 Å². The van der Waals surface area contributed by atoms with Crippen molar-refractivity contribution in [1.29, 1.82) is 0 Å². The summed E-state index contributed by atoms with van der Waals surface area (Å²) in [6.45, 7) is 4.33. The summed E-state index contributed by atoms with van der Waals surface area (Å²) < 4.78 is 2.94. The zero-order chi connectivity index (χ0) is 13.4. The van der Waals surface area contributed by atoms with Gasteiger partial charge in [0.05, 0.1) is 14.4 Å². The van der Waals surface area contributed by atoms with Gasteiger partial charge in [0.2, 0.25) is 0 Å². The van der Waals surface area contributed by atoms with Gasteiger partial charge in [-0.25, -0.2) is 4.98 Å². The van der Waals surface area contributed by atoms with E-state index in [1.54, 1.807) is 17.5 Å². The van der Waals surface area contributed by atoms with E-state index in [0.29, 0.717) is 11.7 Å². The molecule has 0 aliphatic heterocycles. The van der Waals surface area contributed by atoms with Crippen molar-refractivity contribution < 1.29 is 0 Å². The molecule has 0 aromatic carbocycles. The van der Waals surface area contributed by atoms with Crippen LogP contribution in [0.2, 0.25) is 0 Å². The molecule has 0 amide bonds. The predicted octanol–water partition coefficient (Wildman–Crippen LogP) is 3.81. The van der Waals surface area contributed by atoms with Gasteiger partial charge in [-0.3, -0.25) is 0 Å². The highest BCUT2D eigenvalue weighted by Gasteiger charge is 2.12. The van der Waals surface area contributed by atoms with Crippen molar-refractivity contribution in [1.82, 2.24) is 19.6 Å². The molecular weight excluding hydrogens is 324 g/mol. The topological polar surface area (TPSA) is 43.1 Å². The molecule has 3 aromatic rings. The first kappa shape index (κ1) is 12.7. The van der Waals surface area contributed by atoms with Crippen molar-refractivity contribution in [2.45, 2.75) is 20.3 Å². The number of halogens is 1. The van der Waals surface area contributed by atoms with Gasteiger partial charge in [0.25, 0.3) is 5.78 Å². The summed E-state index contributed by atoms with van der Waals surface area (Å²) in [5, 5.41) is 4.57. The summed E-state index contributed by atoms with van der Waals surface area (Å²) in [4.78, 5) is 9.92. The molecule has 0 radical (unpaired) electrons. The Balaban J connectivity index is 2.12. The maximum atomic E-state index is 4.57. The van der Waals surface area contributed by atoms with E-state index in [1.165, 1.54) is 0 Å². The molecule has 98 valence electrons. The van der Waals surface area contributed by atoms with Gasteiger partial charge in [0.15, 0.2) is 5.82 Å². The van der Waals surface area contributed by atoms with Gasteiger partial charge in [-0.05, 0) is 40.0 Å². The molecule has 6 heteroatoms. The van der Waals surface area contributed by atoms with E-state index in [2.05, 4.69) is 50.9 Å². The Hall–Kier alpha value is -1.27. The Bertz CT molecular complexity index is 716. The molecule has 0 aliphatic rings. The van der Waals surface area contributed by atoms with Crippen molar-refractivity contribution in [3.8, 4) is 10.6 Å². The summed E-state index contributed by atoms with van der Waals surface area (Å²) in [6.07, 6.45) is 2.66. The normalized spacial score (nSPS) is 11.6. The third-order valence-electron chi connectivity index (χ3n) is 2.70. The molecule has 0 N–H and O–H groups in total. The standard InChI is InChI=1S/C13H13BrN4S/c1-8(2)7-12-16-13-15-6-5-9(18(13)17-12)10-3-4-11(14)19-10/h3-6,8H,7H2,1-2H3. The second-order valence-electron chi connectivity index (χ2n) is 4.77. The fraction of sp³-hybridized carbons (Fsp3) is 0.308. The summed E-state index contributed by atoms with van der Waals surface area (Å²) in [6, 6.07) is 6.09. The molecule has 0 saturated heterocycles. The lowest BCUT2D eigenvalue weighted by molar-refractivity contribution is 0.620. The van der Waals surface area contributed by atoms with E-state index in [9.17, 15) is 0 Å². The quantitative estimate of drug-likeness (QED) is 0.730. The third-order valence-corrected chi connectivity index (χ3v) is 4.35. The van der Waals surface area contributed by atoms with Gasteiger partial charge in [-0.15, -0.1) is 16.4 Å². The average molecular weight is 337 g/mol. The molecule has 0 unspecified atom stereocenters. The molecule has 19 heavy (non-hydrogen) atoms. The van der Waals surface area contributed by atoms with Crippen LogP contribution in [0.3, 0.4) is 0 Å². The molecule has 0 atom stereocenters. The highest BCUT2D eigenvalue weighted by molar-refractivity contribution is 9.11. The minimum Gasteiger partial charge on any atom is -0.220 e. The van der Waals surface area contributed by atoms with Gasteiger partial charge in [-0.2, -0.15) is 9.50 Å². The van der Waals surface area contributed by atoms with E-state index in [0.717, 1.165) is 26.6 Å². The number of fused-ring (bicyclic) bond motifs is 1. The highest BCUT2D eigenvalue weighted by atomic mass is 79.9. The summed E-state index contributed by atoms with van der Waals surface area (Å²) in [7, 11) is 0. The zero-order valence-electron chi connectivity index (χ0n) is 10.7. The van der Waals surface area contributed by atoms with Crippen molar-refractivity contribution in [2.75, 3.05) is 0 Å². The second-order valence-corrected chi connectivity index (χ2v) is 7.23. The van der Waals surface area contributed by atoms with E-state index in [1.807, 2.05) is 16.6 Å². The number of rotatable bonds is 3. The first-order valence-electron chi connectivity index (χ1n) is 6.10. The largest absolute Gasteiger partial charge is 0.252 e. The monoisotopic (exact) mass is 336 g/mol. The molecule has 0 spiro atoms. The van der Waals surface area contributed by atoms with E-state index in [-0.39, 0.29) is 0 Å². The Morgan fingerprint density at radius 3 is 2.84 bits per heavy atom. The van der Waals surface area contributed by atoms with Crippen LogP contribution in [0.1, 0.15) is 19.7 Å². The van der Waals surface area contributed by atoms with Crippen molar-refractivity contribution in [3.63, 3.8) is 0 Å². The summed E-state index contributed by atoms with van der Waals surface area (Å²) >= 11 is 5.17. The maximum Gasteiger partial charge on any atom is 0.252 e. The minimum atomic E-state index is 0.539. The fourth-order valence-electron chi connectivity index (χ4n) is 1.93. The lowest BCUT2D eigenvalue weighted by Gasteiger charge is -1.99. The SMILES string of the molecule is CC(C)Cc1nc2nccc(-c3ccc(Br)s3)n2n1. The van der Waals surface area contributed by atoms with Crippen LogP contribution < -0.4 is 0 Å². The van der Waals surface area contributed by atoms with Crippen LogP contribution in [0, 0.1) is 5.92 Å². The lowest BCUT2D eigenvalue weighted by atomic mass is 10.1. The van der Waals surface area contributed by atoms with Crippen LogP contribution in [0.4, 0.5) is 0 Å². The van der Waals surface area contributed by atoms with Crippen molar-refractivity contribution >= 4 is 33.0 Å². The Kier molecular flexibility index (Phi) is 3.36. The Morgan fingerprint density at radius 2 is 2.16 bits per heavy atom. The predicted molar refractivity (Wildman–Crippen MR) is 80.3 cm³/mol. The van der Waals surface area contributed by atoms with Crippen molar-refractivity contribution in [2.24, 2.45) is 5.92 Å². The maximum absolute atomic E-state index is 4.57. The van der Waals surface area contributed by atoms with Crippen LogP contribution in [0.15, 0.2) is 28.2 Å². The number of hydrogen-bond donors (Lipinski definition) is 0. The summed E-state index contributed by atoms with van der Waals surface area (Å²) in [5.41, 5.74) is 1.03. The Morgan fingerprint density at radius 1 is 1.32 bits per heavy atom. The molecule has 0 bridgehead atoms.